The topological polar surface area (TPSA) is 262 Å². The lowest BCUT2D eigenvalue weighted by molar-refractivity contribution is 0.0180. The van der Waals surface area contributed by atoms with Crippen molar-refractivity contribution in [2.75, 3.05) is 187 Å². The van der Waals surface area contributed by atoms with Crippen LogP contribution >= 0.6 is 0 Å². The number of nitrogens with zero attached hydrogens (tertiary/aromatic N) is 4. The minimum atomic E-state index is 0.301. The van der Waals surface area contributed by atoms with Crippen LogP contribution in [0.2, 0.25) is 0 Å². The Morgan fingerprint density at radius 3 is 0.694 bits per heavy atom. The summed E-state index contributed by atoms with van der Waals surface area (Å²) in [7, 11) is 6.57. The van der Waals surface area contributed by atoms with E-state index in [0.717, 1.165) is 66.6 Å². The van der Waals surface area contributed by atoms with Gasteiger partial charge in [0.05, 0.1) is 222 Å². The molecule has 0 fully saturated rings. The van der Waals surface area contributed by atoms with Crippen LogP contribution in [0.3, 0.4) is 0 Å². The average molecular weight is 1670 g/mol. The number of rotatable bonds is 44. The predicted octanol–water partition coefficient (Wildman–Crippen LogP) is 15.9. The summed E-state index contributed by atoms with van der Waals surface area (Å²) in [5, 5.41) is 0. The summed E-state index contributed by atoms with van der Waals surface area (Å²) in [6.07, 6.45) is 28.7. The number of ether oxygens (including phenoxy) is 16. The van der Waals surface area contributed by atoms with Gasteiger partial charge in [-0.2, -0.15) is 0 Å². The van der Waals surface area contributed by atoms with Crippen molar-refractivity contribution in [1.82, 2.24) is 39.9 Å². The monoisotopic (exact) mass is 1670 g/mol. The summed E-state index contributed by atoms with van der Waals surface area (Å²) < 4.78 is 91.6. The number of hydrogen-bond donors (Lipinski definition) is 4. The largest absolute Gasteiger partial charge is 0.491 e. The Labute approximate surface area is 720 Å². The molecule has 634 valence electrons. The van der Waals surface area contributed by atoms with E-state index in [0.29, 0.717) is 271 Å². The van der Waals surface area contributed by atoms with Crippen molar-refractivity contribution in [2.24, 2.45) is 0 Å². The van der Waals surface area contributed by atoms with Crippen LogP contribution in [0, 0.1) is 48.4 Å². The Morgan fingerprint density at radius 1 is 0.242 bits per heavy atom. The zero-order valence-corrected chi connectivity index (χ0v) is 69.9. The number of methoxy groups -OCH3 is 4. The first-order valence-corrected chi connectivity index (χ1v) is 41.1. The van der Waals surface area contributed by atoms with E-state index in [2.05, 4.69) is 55.5 Å². The van der Waals surface area contributed by atoms with Gasteiger partial charge in [-0.25, -0.2) is 19.9 Å². The summed E-state index contributed by atoms with van der Waals surface area (Å²) in [4.78, 5) is 36.6. The van der Waals surface area contributed by atoms with Gasteiger partial charge in [-0.05, 0) is 192 Å². The van der Waals surface area contributed by atoms with E-state index >= 15 is 0 Å². The summed E-state index contributed by atoms with van der Waals surface area (Å²) in [5.74, 6) is 22.2. The Balaban J connectivity index is 0.920. The van der Waals surface area contributed by atoms with Crippen LogP contribution < -0.4 is 18.9 Å². The van der Waals surface area contributed by atoms with Crippen molar-refractivity contribution < 1.29 is 75.8 Å². The molecule has 0 aliphatic carbocycles. The van der Waals surface area contributed by atoms with E-state index in [4.69, 9.17) is 109 Å². The first-order valence-electron chi connectivity index (χ1n) is 41.1. The summed E-state index contributed by atoms with van der Waals surface area (Å²) >= 11 is 0. The molecule has 0 amide bonds. The average Bonchev–Trinajstić information content (AvgIpc) is 1.63. The van der Waals surface area contributed by atoms with Gasteiger partial charge < -0.3 is 95.7 Å². The Hall–Kier alpha value is -13.0. The molecular formula is C100H98N8O16. The van der Waals surface area contributed by atoms with Crippen molar-refractivity contribution in [3.8, 4) is 116 Å². The first kappa shape index (κ1) is 87.4. The zero-order valence-electron chi connectivity index (χ0n) is 69.9. The maximum absolute atomic E-state index is 6.49. The molecule has 0 radical (unpaired) electrons. The van der Waals surface area contributed by atoms with Crippen molar-refractivity contribution in [2.45, 2.75) is 0 Å². The number of nitrogens with one attached hydrogen (secondary N) is 4. The molecule has 0 atom stereocenters. The second-order valence-corrected chi connectivity index (χ2v) is 28.2. The van der Waals surface area contributed by atoms with Crippen LogP contribution in [0.1, 0.15) is 67.8 Å². The quantitative estimate of drug-likeness (QED) is 0.0204. The molecule has 24 heteroatoms. The highest BCUT2D eigenvalue weighted by Gasteiger charge is 2.22. The highest BCUT2D eigenvalue weighted by molar-refractivity contribution is 5.98. The number of aromatic amines is 4. The Bertz CT molecular complexity index is 5600. The number of fused-ring (bicyclic) bond motifs is 16. The molecule has 0 saturated heterocycles. The third kappa shape index (κ3) is 23.2. The fourth-order valence-electron chi connectivity index (χ4n) is 14.1. The van der Waals surface area contributed by atoms with E-state index < -0.39 is 0 Å². The van der Waals surface area contributed by atoms with Crippen molar-refractivity contribution >= 4 is 92.7 Å². The van der Waals surface area contributed by atoms with Crippen LogP contribution in [0.5, 0.6) is 23.0 Å². The molecule has 10 heterocycles. The van der Waals surface area contributed by atoms with Gasteiger partial charge in [-0.3, -0.25) is 0 Å². The predicted molar refractivity (Wildman–Crippen MR) is 485 cm³/mol. The van der Waals surface area contributed by atoms with Crippen molar-refractivity contribution in [3.63, 3.8) is 0 Å². The van der Waals surface area contributed by atoms with Crippen LogP contribution in [0.25, 0.3) is 137 Å². The van der Waals surface area contributed by atoms with Gasteiger partial charge in [-0.1, -0.05) is 60.4 Å². The zero-order chi connectivity index (χ0) is 85.3. The van der Waals surface area contributed by atoms with Crippen molar-refractivity contribution in [1.29, 1.82) is 0 Å². The minimum absolute atomic E-state index is 0.301. The Kier molecular flexibility index (Phi) is 32.3. The molecule has 10 aromatic rings. The molecule has 4 aromatic carbocycles. The highest BCUT2D eigenvalue weighted by atomic mass is 16.6. The number of H-pyrrole nitrogens is 4. The molecule has 16 bridgehead atoms. The van der Waals surface area contributed by atoms with Gasteiger partial charge in [0.15, 0.2) is 0 Å². The Morgan fingerprint density at radius 2 is 0.452 bits per heavy atom. The van der Waals surface area contributed by atoms with Gasteiger partial charge in [0.1, 0.15) is 49.4 Å². The number of benzene rings is 4. The first-order chi connectivity index (χ1) is 61.3. The summed E-state index contributed by atoms with van der Waals surface area (Å²) in [5.41, 5.74) is 19.0. The molecule has 0 unspecified atom stereocenters. The fraction of sp³-hybridized carbons (Fsp3) is 0.280. The molecule has 0 saturated carbocycles. The van der Waals surface area contributed by atoms with Gasteiger partial charge >= 0.3 is 0 Å². The minimum Gasteiger partial charge on any atom is -0.491 e. The van der Waals surface area contributed by atoms with Gasteiger partial charge in [-0.15, -0.1) is 12.8 Å². The molecule has 4 N–H and O–H groups in total. The normalized spacial score (nSPS) is 11.8. The van der Waals surface area contributed by atoms with E-state index in [1.807, 2.05) is 194 Å². The van der Waals surface area contributed by atoms with E-state index in [1.54, 1.807) is 28.4 Å². The number of terminal acetylenes is 2. The van der Waals surface area contributed by atoms with Crippen molar-refractivity contribution in [3.05, 3.63) is 213 Å². The fourth-order valence-corrected chi connectivity index (χ4v) is 14.1. The standard InChI is InChI=1S/C100H98N8O16/c1-7-77-81-25-33-89(101-81)97(69-15-11-19-73(65-69)121-61-57-117-53-49-113-45-41-109-3)93-37-29-85(105-93)79(86-30-38-94(106-86)98(90-34-26-82(77)102-90)70-16-12-20-74(66-70)122-62-58-118-54-50-114-46-42-110-4)23-9-10-24-80-87-31-39-95(107-87)99(71-17-13-21-75(67-71)123-63-59-119-55-51-115-47-43-111-5)91-35-27-83(103-91)78(8-2)84-28-36-92(104-84)100(96-40-32-88(80)108-96)72-18-14-22-76(68-72)124-64-60-120-56-52-116-48-44-112-6/h1-2,11-22,25-40,65-68,101,103,106,108H,41-64H2,3-6H3. The lowest BCUT2D eigenvalue weighted by Crippen LogP contribution is -2.12. The summed E-state index contributed by atoms with van der Waals surface area (Å²) in [6.45, 7) is 10.0. The van der Waals surface area contributed by atoms with Gasteiger partial charge in [0.2, 0.25) is 0 Å². The third-order valence-electron chi connectivity index (χ3n) is 19.9. The van der Waals surface area contributed by atoms with Crippen LogP contribution in [0.4, 0.5) is 0 Å². The third-order valence-corrected chi connectivity index (χ3v) is 19.9. The van der Waals surface area contributed by atoms with E-state index in [9.17, 15) is 0 Å². The maximum atomic E-state index is 6.49. The summed E-state index contributed by atoms with van der Waals surface area (Å²) in [6, 6.07) is 47.5. The molecule has 0 spiro atoms. The highest BCUT2D eigenvalue weighted by Crippen LogP contribution is 2.40. The smallest absolute Gasteiger partial charge is 0.120 e. The molecule has 124 heavy (non-hydrogen) atoms. The van der Waals surface area contributed by atoms with E-state index in [1.165, 1.54) is 0 Å². The molecule has 4 aliphatic rings. The second-order valence-electron chi connectivity index (χ2n) is 28.2. The van der Waals surface area contributed by atoms with E-state index in [-0.39, 0.29) is 0 Å². The lowest BCUT2D eigenvalue weighted by Gasteiger charge is -2.10. The molecular weight excluding hydrogens is 1570 g/mol. The number of hydrogen-bond acceptors (Lipinski definition) is 20. The van der Waals surface area contributed by atoms with Gasteiger partial charge in [0.25, 0.3) is 0 Å². The van der Waals surface area contributed by atoms with Crippen LogP contribution in [-0.2, 0) is 56.8 Å². The molecule has 4 aliphatic heterocycles. The lowest BCUT2D eigenvalue weighted by atomic mass is 10.0. The second kappa shape index (κ2) is 45.8. The molecule has 6 aromatic heterocycles. The van der Waals surface area contributed by atoms with Crippen LogP contribution in [-0.4, -0.2) is 227 Å². The molecule has 24 nitrogen and oxygen atoms in total. The SMILES string of the molecule is C#Cc1c2nc(c(-c3cccc(OCCOCCOCCOC)c3)c3ccc([nH]3)c(C#CC#Cc3c4nc(c(-c5cccc(OCCOCCOCCOC)c5)c5ccc([nH]5)c(C#C)c5nc(c(-c6cccc(OCCOCCOCCOC)c6)c6ccc3[nH]6)C=C5)C=C4)c3nc(c(-c4cccc(OCCOCCOCCOC)c4)c4ccc1[nH]4)C=C3)C=C2. The van der Waals surface area contributed by atoms with Crippen LogP contribution in [0.15, 0.2) is 146 Å². The molecule has 14 rings (SSSR count). The van der Waals surface area contributed by atoms with Gasteiger partial charge in [0, 0.05) is 72.8 Å². The maximum Gasteiger partial charge on any atom is 0.120 e. The number of aromatic nitrogens is 8.